The van der Waals surface area contributed by atoms with Crippen LogP contribution in [0.4, 0.5) is 25.2 Å². The summed E-state index contributed by atoms with van der Waals surface area (Å²) in [5.41, 5.74) is 0.890. The fourth-order valence-corrected chi connectivity index (χ4v) is 4.78. The monoisotopic (exact) mass is 460 g/mol. The van der Waals surface area contributed by atoms with E-state index in [1.54, 1.807) is 19.9 Å². The Morgan fingerprint density at radius 1 is 1.09 bits per heavy atom. The number of sulfonamides is 1. The number of rotatable bonds is 4. The van der Waals surface area contributed by atoms with Crippen molar-refractivity contribution >= 4 is 27.7 Å². The summed E-state index contributed by atoms with van der Waals surface area (Å²) in [6, 6.07) is 6.59. The predicted molar refractivity (Wildman–Crippen MR) is 112 cm³/mol. The van der Waals surface area contributed by atoms with Crippen LogP contribution in [0.2, 0.25) is 0 Å². The average molecular weight is 460 g/mol. The first-order valence-electron chi connectivity index (χ1n) is 9.43. The van der Waals surface area contributed by atoms with Crippen LogP contribution in [0.1, 0.15) is 16.8 Å². The molecule has 0 fully saturated rings. The molecule has 2 aromatic heterocycles. The van der Waals surface area contributed by atoms with E-state index >= 15 is 0 Å². The molecule has 0 saturated heterocycles. The second-order valence-electron chi connectivity index (χ2n) is 7.10. The van der Waals surface area contributed by atoms with Gasteiger partial charge in [0.1, 0.15) is 22.3 Å². The Hall–Kier alpha value is -3.60. The van der Waals surface area contributed by atoms with E-state index in [0.29, 0.717) is 10.00 Å². The number of anilines is 2. The van der Waals surface area contributed by atoms with Crippen molar-refractivity contribution in [1.29, 1.82) is 0 Å². The van der Waals surface area contributed by atoms with Crippen molar-refractivity contribution in [2.24, 2.45) is 0 Å². The quantitative estimate of drug-likeness (QED) is 0.589. The van der Waals surface area contributed by atoms with Gasteiger partial charge >= 0.3 is 6.03 Å². The zero-order chi connectivity index (χ0) is 23.2. The second kappa shape index (κ2) is 7.83. The van der Waals surface area contributed by atoms with Crippen molar-refractivity contribution in [3.8, 4) is 5.75 Å². The highest BCUT2D eigenvalue weighted by molar-refractivity contribution is 7.94. The van der Waals surface area contributed by atoms with E-state index < -0.39 is 39.8 Å². The zero-order valence-electron chi connectivity index (χ0n) is 17.3. The van der Waals surface area contributed by atoms with Gasteiger partial charge in [-0.1, -0.05) is 6.07 Å². The van der Waals surface area contributed by atoms with E-state index in [1.807, 2.05) is 0 Å². The van der Waals surface area contributed by atoms with Gasteiger partial charge in [-0.3, -0.25) is 4.90 Å². The maximum absolute atomic E-state index is 14.6. The Labute approximate surface area is 183 Å². The van der Waals surface area contributed by atoms with Crippen LogP contribution in [0.3, 0.4) is 0 Å². The molecule has 0 atom stereocenters. The van der Waals surface area contributed by atoms with Crippen molar-refractivity contribution in [2.45, 2.75) is 25.3 Å². The molecule has 4 rings (SSSR count). The Bertz CT molecular complexity index is 1320. The summed E-state index contributed by atoms with van der Waals surface area (Å²) >= 11 is 0. The summed E-state index contributed by atoms with van der Waals surface area (Å²) in [5, 5.41) is 0. The molecule has 0 N–H and O–H groups in total. The van der Waals surface area contributed by atoms with E-state index in [1.165, 1.54) is 31.5 Å². The van der Waals surface area contributed by atoms with Gasteiger partial charge in [0, 0.05) is 29.6 Å². The molecule has 1 aliphatic heterocycles. The molecule has 0 unspecified atom stereocenters. The molecule has 3 aromatic rings. The smallest absolute Gasteiger partial charge is 0.346 e. The maximum atomic E-state index is 14.6. The third-order valence-corrected chi connectivity index (χ3v) is 6.84. The molecule has 0 saturated carbocycles. The van der Waals surface area contributed by atoms with Gasteiger partial charge < -0.3 is 4.74 Å². The average Bonchev–Trinajstić information content (AvgIpc) is 2.75. The van der Waals surface area contributed by atoms with Gasteiger partial charge in [0.15, 0.2) is 11.6 Å². The number of fused-ring (bicyclic) bond motifs is 1. The molecule has 1 aliphatic rings. The van der Waals surface area contributed by atoms with Crippen LogP contribution in [0, 0.1) is 25.5 Å². The van der Waals surface area contributed by atoms with Crippen molar-refractivity contribution in [2.75, 3.05) is 16.3 Å². The number of pyridine rings is 2. The van der Waals surface area contributed by atoms with Crippen LogP contribution in [0.25, 0.3) is 0 Å². The topological polar surface area (TPSA) is 92.7 Å². The molecule has 11 heteroatoms. The molecule has 0 spiro atoms. The Morgan fingerprint density at radius 3 is 2.41 bits per heavy atom. The lowest BCUT2D eigenvalue weighted by Crippen LogP contribution is -2.51. The highest BCUT2D eigenvalue weighted by Gasteiger charge is 2.44. The predicted octanol–water partition coefficient (Wildman–Crippen LogP) is 3.72. The van der Waals surface area contributed by atoms with Gasteiger partial charge in [-0.15, -0.1) is 0 Å². The molecular formula is C21H18F2N4O4S. The van der Waals surface area contributed by atoms with Crippen molar-refractivity contribution in [1.82, 2.24) is 9.97 Å². The third kappa shape index (κ3) is 3.44. The number of carbonyl (C=O) groups excluding carboxylic acids is 1. The number of hydrogen-bond acceptors (Lipinski definition) is 6. The van der Waals surface area contributed by atoms with Gasteiger partial charge in [-0.05, 0) is 37.6 Å². The number of aromatic nitrogens is 2. The minimum Gasteiger partial charge on any atom is -0.497 e. The van der Waals surface area contributed by atoms with Crippen LogP contribution < -0.4 is 13.9 Å². The maximum Gasteiger partial charge on any atom is 0.346 e. The minimum absolute atomic E-state index is 0.0317. The first-order chi connectivity index (χ1) is 15.1. The minimum atomic E-state index is -4.36. The number of ether oxygens (including phenoxy) is 1. The van der Waals surface area contributed by atoms with E-state index in [0.717, 1.165) is 22.6 Å². The normalized spacial score (nSPS) is 15.0. The summed E-state index contributed by atoms with van der Waals surface area (Å²) in [7, 11) is -3.10. The third-order valence-electron chi connectivity index (χ3n) is 5.14. The molecule has 0 aliphatic carbocycles. The first-order valence-corrected chi connectivity index (χ1v) is 10.9. The molecule has 0 radical (unpaired) electrons. The van der Waals surface area contributed by atoms with Gasteiger partial charge in [0.05, 0.1) is 13.7 Å². The molecule has 2 amide bonds. The molecule has 166 valence electrons. The largest absolute Gasteiger partial charge is 0.497 e. The summed E-state index contributed by atoms with van der Waals surface area (Å²) in [6.07, 6.45) is 1.29. The van der Waals surface area contributed by atoms with Crippen LogP contribution in [-0.4, -0.2) is 31.5 Å². The van der Waals surface area contributed by atoms with Crippen LogP contribution >= 0.6 is 0 Å². The van der Waals surface area contributed by atoms with E-state index in [4.69, 9.17) is 4.74 Å². The number of hydrogen-bond donors (Lipinski definition) is 0. The Morgan fingerprint density at radius 2 is 1.78 bits per heavy atom. The summed E-state index contributed by atoms with van der Waals surface area (Å²) < 4.78 is 61.1. The SMILES string of the molecule is COc1cc(F)c(CN2C(=O)N(c3ccc(C)c(C)n3)S(=O)(=O)c3cccnc32)c(F)c1. The summed E-state index contributed by atoms with van der Waals surface area (Å²) in [4.78, 5) is 22.2. The number of methoxy groups -OCH3 is 1. The van der Waals surface area contributed by atoms with Crippen LogP contribution in [-0.2, 0) is 16.6 Å². The lowest BCUT2D eigenvalue weighted by atomic mass is 10.1. The fraction of sp³-hybridized carbons (Fsp3) is 0.190. The number of nitrogens with zero attached hydrogens (tertiary/aromatic N) is 4. The number of halogens is 2. The number of amides is 2. The molecule has 0 bridgehead atoms. The summed E-state index contributed by atoms with van der Waals surface area (Å²) in [6.45, 7) is 2.87. The van der Waals surface area contributed by atoms with Crippen LogP contribution in [0.15, 0.2) is 47.5 Å². The molecule has 32 heavy (non-hydrogen) atoms. The lowest BCUT2D eigenvalue weighted by Gasteiger charge is -2.34. The Balaban J connectivity index is 1.88. The first kappa shape index (κ1) is 21.6. The van der Waals surface area contributed by atoms with Gasteiger partial charge in [-0.25, -0.2) is 32.0 Å². The second-order valence-corrected chi connectivity index (χ2v) is 8.86. The van der Waals surface area contributed by atoms with Gasteiger partial charge in [0.2, 0.25) is 0 Å². The highest BCUT2D eigenvalue weighted by Crippen LogP contribution is 2.36. The van der Waals surface area contributed by atoms with E-state index in [9.17, 15) is 22.0 Å². The van der Waals surface area contributed by atoms with E-state index in [-0.39, 0.29) is 22.3 Å². The number of aryl methyl sites for hydroxylation is 2. The fourth-order valence-electron chi connectivity index (χ4n) is 3.29. The molecular weight excluding hydrogens is 442 g/mol. The highest BCUT2D eigenvalue weighted by atomic mass is 32.2. The van der Waals surface area contributed by atoms with Crippen molar-refractivity contribution in [3.05, 3.63) is 71.1 Å². The number of carbonyl (C=O) groups is 1. The van der Waals surface area contributed by atoms with Crippen molar-refractivity contribution < 1.29 is 26.7 Å². The molecule has 3 heterocycles. The summed E-state index contributed by atoms with van der Waals surface area (Å²) in [5.74, 6) is -2.29. The van der Waals surface area contributed by atoms with Gasteiger partial charge in [-0.2, -0.15) is 4.31 Å². The Kier molecular flexibility index (Phi) is 5.29. The molecule has 1 aromatic carbocycles. The molecule has 8 nitrogen and oxygen atoms in total. The zero-order valence-corrected chi connectivity index (χ0v) is 18.2. The standard InChI is InChI=1S/C21H18F2N4O4S/c1-12-6-7-19(25-13(12)2)27-21(28)26(20-18(32(27,29)30)5-4-8-24-20)11-15-16(22)9-14(31-3)10-17(15)23/h4-10H,11H2,1-3H3. The number of urea groups is 1. The van der Waals surface area contributed by atoms with Gasteiger partial charge in [0.25, 0.3) is 10.0 Å². The van der Waals surface area contributed by atoms with Crippen molar-refractivity contribution in [3.63, 3.8) is 0 Å². The number of benzene rings is 1. The van der Waals surface area contributed by atoms with Crippen LogP contribution in [0.5, 0.6) is 5.75 Å². The lowest BCUT2D eigenvalue weighted by molar-refractivity contribution is 0.253. The van der Waals surface area contributed by atoms with E-state index in [2.05, 4.69) is 9.97 Å².